The van der Waals surface area contributed by atoms with Crippen molar-refractivity contribution in [2.24, 2.45) is 22.7 Å². The summed E-state index contributed by atoms with van der Waals surface area (Å²) in [6.07, 6.45) is 2.12. The Labute approximate surface area is 121 Å². The van der Waals surface area contributed by atoms with Gasteiger partial charge in [0.25, 0.3) is 0 Å². The zero-order valence-corrected chi connectivity index (χ0v) is 14.5. The lowest BCUT2D eigenvalue weighted by Gasteiger charge is -2.38. The van der Waals surface area contributed by atoms with Crippen LogP contribution in [0.3, 0.4) is 0 Å². The predicted octanol–water partition coefficient (Wildman–Crippen LogP) is 4.58. The molecule has 0 saturated heterocycles. The fourth-order valence-corrected chi connectivity index (χ4v) is 3.77. The van der Waals surface area contributed by atoms with E-state index < -0.39 is 0 Å². The number of hydrogen-bond donors (Lipinski definition) is 1. The van der Waals surface area contributed by atoms with Crippen LogP contribution in [0, 0.1) is 22.7 Å². The number of amides is 1. The zero-order valence-electron chi connectivity index (χ0n) is 12.4. The van der Waals surface area contributed by atoms with Gasteiger partial charge in [-0.05, 0) is 23.7 Å². The summed E-state index contributed by atoms with van der Waals surface area (Å²) in [6.45, 7) is 15.5. The molecule has 17 heavy (non-hydrogen) atoms. The molecule has 0 aliphatic carbocycles. The van der Waals surface area contributed by atoms with E-state index in [1.165, 1.54) is 6.42 Å². The van der Waals surface area contributed by atoms with E-state index in [1.54, 1.807) is 0 Å². The second-order valence-corrected chi connectivity index (χ2v) is 7.41. The molecule has 3 heteroatoms. The van der Waals surface area contributed by atoms with Crippen molar-refractivity contribution in [1.82, 2.24) is 3.53 Å². The first-order chi connectivity index (χ1) is 7.56. The number of halogens is 1. The van der Waals surface area contributed by atoms with Gasteiger partial charge in [0.15, 0.2) is 0 Å². The molecule has 0 fully saturated rings. The Morgan fingerprint density at radius 2 is 1.71 bits per heavy atom. The van der Waals surface area contributed by atoms with E-state index in [4.69, 9.17) is 0 Å². The molecule has 0 rings (SSSR count). The summed E-state index contributed by atoms with van der Waals surface area (Å²) in [5.41, 5.74) is 0.0321. The van der Waals surface area contributed by atoms with Crippen molar-refractivity contribution in [1.29, 1.82) is 0 Å². The lowest BCUT2D eigenvalue weighted by Crippen LogP contribution is -2.36. The quantitative estimate of drug-likeness (QED) is 0.569. The van der Waals surface area contributed by atoms with Gasteiger partial charge in [0.05, 0.1) is 22.9 Å². The fraction of sp³-hybridized carbons (Fsp3) is 0.929. The van der Waals surface area contributed by atoms with E-state index in [0.29, 0.717) is 17.3 Å². The molecule has 2 unspecified atom stereocenters. The van der Waals surface area contributed by atoms with Crippen LogP contribution in [0.1, 0.15) is 61.3 Å². The molecule has 102 valence electrons. The van der Waals surface area contributed by atoms with Gasteiger partial charge in [-0.3, -0.25) is 8.32 Å². The molecule has 1 N–H and O–H groups in total. The molecule has 0 aliphatic heterocycles. The van der Waals surface area contributed by atoms with Gasteiger partial charge in [-0.25, -0.2) is 0 Å². The van der Waals surface area contributed by atoms with Gasteiger partial charge in [0.2, 0.25) is 5.91 Å². The van der Waals surface area contributed by atoms with E-state index in [2.05, 4.69) is 38.1 Å². The molecule has 2 nitrogen and oxygen atoms in total. The summed E-state index contributed by atoms with van der Waals surface area (Å²) in [5.74, 6) is 1.35. The van der Waals surface area contributed by atoms with Gasteiger partial charge in [-0.2, -0.15) is 0 Å². The Morgan fingerprint density at radius 1 is 1.24 bits per heavy atom. The van der Waals surface area contributed by atoms with Crippen molar-refractivity contribution in [3.8, 4) is 0 Å². The highest BCUT2D eigenvalue weighted by atomic mass is 127. The third-order valence-electron chi connectivity index (χ3n) is 3.77. The fourth-order valence-electron chi connectivity index (χ4n) is 3.04. The Bertz CT molecular complexity index is 255. The van der Waals surface area contributed by atoms with Crippen LogP contribution in [0.25, 0.3) is 0 Å². The Balaban J connectivity index is 4.73. The van der Waals surface area contributed by atoms with Crippen molar-refractivity contribution in [2.75, 3.05) is 0 Å². The Hall–Kier alpha value is 0.200. The van der Waals surface area contributed by atoms with Gasteiger partial charge >= 0.3 is 0 Å². The lowest BCUT2D eigenvalue weighted by atomic mass is 9.68. The number of carbonyl (C=O) groups excluding carboxylic acids is 1. The molecule has 0 heterocycles. The molecule has 0 bridgehead atoms. The number of rotatable bonds is 5. The number of nitrogens with one attached hydrogen (secondary N) is 1. The molecule has 2 atom stereocenters. The molecular weight excluding hydrogens is 325 g/mol. The first-order valence-electron chi connectivity index (χ1n) is 6.47. The minimum absolute atomic E-state index is 0.133. The predicted molar refractivity (Wildman–Crippen MR) is 83.0 cm³/mol. The maximum absolute atomic E-state index is 11.8. The second-order valence-electron chi connectivity index (χ2n) is 6.87. The van der Waals surface area contributed by atoms with Crippen molar-refractivity contribution in [3.63, 3.8) is 0 Å². The molecule has 0 aromatic heterocycles. The Kier molecular flexibility index (Phi) is 6.47. The van der Waals surface area contributed by atoms with Gasteiger partial charge in [0.1, 0.15) is 0 Å². The SMILES string of the molecule is CCC(C(C)CC(C)(C)C(=O)NI)C(C)(C)C. The monoisotopic (exact) mass is 353 g/mol. The van der Waals surface area contributed by atoms with Crippen LogP contribution in [0.4, 0.5) is 0 Å². The summed E-state index contributed by atoms with van der Waals surface area (Å²) < 4.78 is 2.74. The molecule has 0 aromatic carbocycles. The highest BCUT2D eigenvalue weighted by Gasteiger charge is 2.35. The zero-order chi connectivity index (χ0) is 13.9. The normalized spacial score (nSPS) is 16.5. The minimum atomic E-state index is -0.278. The smallest absolute Gasteiger partial charge is 0.234 e. The first-order valence-corrected chi connectivity index (χ1v) is 7.55. The molecule has 0 aromatic rings. The Morgan fingerprint density at radius 3 is 2.00 bits per heavy atom. The highest BCUT2D eigenvalue weighted by Crippen LogP contribution is 2.40. The number of carbonyl (C=O) groups is 1. The van der Waals surface area contributed by atoms with E-state index in [-0.39, 0.29) is 11.3 Å². The first kappa shape index (κ1) is 17.2. The minimum Gasteiger partial charge on any atom is -0.298 e. The van der Waals surface area contributed by atoms with Gasteiger partial charge in [-0.1, -0.05) is 54.9 Å². The molecule has 0 spiro atoms. The average molecular weight is 353 g/mol. The van der Waals surface area contributed by atoms with Crippen LogP contribution < -0.4 is 3.53 Å². The third-order valence-corrected chi connectivity index (χ3v) is 4.26. The average Bonchev–Trinajstić information content (AvgIpc) is 2.14. The summed E-state index contributed by atoms with van der Waals surface area (Å²) in [4.78, 5) is 11.8. The van der Waals surface area contributed by atoms with E-state index in [1.807, 2.05) is 36.7 Å². The van der Waals surface area contributed by atoms with Crippen molar-refractivity contribution in [3.05, 3.63) is 0 Å². The van der Waals surface area contributed by atoms with Crippen molar-refractivity contribution < 1.29 is 4.79 Å². The van der Waals surface area contributed by atoms with Gasteiger partial charge in [-0.15, -0.1) is 0 Å². The molecule has 0 saturated carbocycles. The maximum atomic E-state index is 11.8. The van der Waals surface area contributed by atoms with E-state index >= 15 is 0 Å². The number of hydrogen-bond acceptors (Lipinski definition) is 1. The standard InChI is InChI=1S/C14H28INO/c1-8-11(13(3,4)5)10(2)9-14(6,7)12(17)16-15/h10-11H,8-9H2,1-7H3,(H,16,17). The largest absolute Gasteiger partial charge is 0.298 e. The summed E-state index contributed by atoms with van der Waals surface area (Å²) >= 11 is 1.93. The van der Waals surface area contributed by atoms with Crippen LogP contribution in [-0.4, -0.2) is 5.91 Å². The second kappa shape index (κ2) is 6.39. The molecule has 0 aliphatic rings. The molecule has 1 amide bonds. The van der Waals surface area contributed by atoms with Crippen LogP contribution in [0.2, 0.25) is 0 Å². The van der Waals surface area contributed by atoms with Crippen LogP contribution in [0.5, 0.6) is 0 Å². The summed E-state index contributed by atoms with van der Waals surface area (Å²) in [5, 5.41) is 0. The molecular formula is C14H28INO. The summed E-state index contributed by atoms with van der Waals surface area (Å²) in [6, 6.07) is 0. The lowest BCUT2D eigenvalue weighted by molar-refractivity contribution is -0.128. The summed E-state index contributed by atoms with van der Waals surface area (Å²) in [7, 11) is 0. The van der Waals surface area contributed by atoms with Crippen LogP contribution >= 0.6 is 22.9 Å². The highest BCUT2D eigenvalue weighted by molar-refractivity contribution is 14.1. The van der Waals surface area contributed by atoms with Gasteiger partial charge < -0.3 is 0 Å². The third kappa shape index (κ3) is 5.14. The topological polar surface area (TPSA) is 29.1 Å². The van der Waals surface area contributed by atoms with Crippen LogP contribution in [0.15, 0.2) is 0 Å². The van der Waals surface area contributed by atoms with Crippen LogP contribution in [-0.2, 0) is 4.79 Å². The van der Waals surface area contributed by atoms with Gasteiger partial charge in [0, 0.05) is 5.41 Å². The van der Waals surface area contributed by atoms with E-state index in [9.17, 15) is 4.79 Å². The molecule has 0 radical (unpaired) electrons. The van der Waals surface area contributed by atoms with Crippen molar-refractivity contribution >= 4 is 28.8 Å². The maximum Gasteiger partial charge on any atom is 0.234 e. The van der Waals surface area contributed by atoms with E-state index in [0.717, 1.165) is 6.42 Å². The van der Waals surface area contributed by atoms with Crippen molar-refractivity contribution in [2.45, 2.75) is 61.3 Å².